The number of nitrogens with zero attached hydrogens (tertiary/aromatic N) is 2. The second-order valence-electron chi connectivity index (χ2n) is 11.3. The molecule has 0 aliphatic heterocycles. The Morgan fingerprint density at radius 2 is 1.40 bits per heavy atom. The lowest BCUT2D eigenvalue weighted by Crippen LogP contribution is -2.53. The second kappa shape index (κ2) is 16.4. The first-order chi connectivity index (χ1) is 23.1. The smallest absolute Gasteiger partial charge is 0.265 e. The summed E-state index contributed by atoms with van der Waals surface area (Å²) >= 11 is 0. The molecular formula is C35H45N3O9S. The van der Waals surface area contributed by atoms with Gasteiger partial charge >= 0.3 is 0 Å². The third-order valence-corrected chi connectivity index (χ3v) is 10.2. The van der Waals surface area contributed by atoms with E-state index in [0.29, 0.717) is 23.7 Å². The lowest BCUT2D eigenvalue weighted by molar-refractivity contribution is -0.140. The third-order valence-electron chi connectivity index (χ3n) is 8.48. The van der Waals surface area contributed by atoms with Crippen LogP contribution >= 0.6 is 0 Å². The number of anilines is 1. The van der Waals surface area contributed by atoms with E-state index in [1.807, 2.05) is 19.1 Å². The molecule has 3 aromatic carbocycles. The van der Waals surface area contributed by atoms with Crippen LogP contribution in [0.15, 0.2) is 65.6 Å². The van der Waals surface area contributed by atoms with Crippen molar-refractivity contribution < 1.29 is 41.7 Å². The highest BCUT2D eigenvalue weighted by atomic mass is 32.2. The summed E-state index contributed by atoms with van der Waals surface area (Å²) < 4.78 is 57.0. The molecule has 1 aliphatic carbocycles. The zero-order valence-corrected chi connectivity index (χ0v) is 29.2. The van der Waals surface area contributed by atoms with Crippen LogP contribution in [0, 0.1) is 0 Å². The van der Waals surface area contributed by atoms with E-state index >= 15 is 0 Å². The molecule has 3 aromatic rings. The molecule has 48 heavy (non-hydrogen) atoms. The van der Waals surface area contributed by atoms with Gasteiger partial charge in [-0.1, -0.05) is 31.9 Å². The largest absolute Gasteiger partial charge is 0.497 e. The van der Waals surface area contributed by atoms with E-state index in [1.54, 1.807) is 31.4 Å². The molecule has 0 bridgehead atoms. The van der Waals surface area contributed by atoms with Gasteiger partial charge in [0.25, 0.3) is 10.0 Å². The van der Waals surface area contributed by atoms with Crippen molar-refractivity contribution in [1.29, 1.82) is 0 Å². The monoisotopic (exact) mass is 683 g/mol. The van der Waals surface area contributed by atoms with Gasteiger partial charge < -0.3 is 33.9 Å². The van der Waals surface area contributed by atoms with Crippen molar-refractivity contribution in [3.63, 3.8) is 0 Å². The number of nitrogens with one attached hydrogen (secondary N) is 1. The zero-order chi connectivity index (χ0) is 34.8. The summed E-state index contributed by atoms with van der Waals surface area (Å²) in [6.07, 6.45) is 4.12. The van der Waals surface area contributed by atoms with E-state index in [2.05, 4.69) is 5.32 Å². The normalized spacial score (nSPS) is 13.7. The number of ether oxygens (including phenoxy) is 5. The van der Waals surface area contributed by atoms with Crippen LogP contribution in [0.3, 0.4) is 0 Å². The highest BCUT2D eigenvalue weighted by molar-refractivity contribution is 7.92. The standard InChI is InChI=1S/C35H45N3O9S/c1-7-29(35(40)36-25-10-8-9-11-25)37(22-24-12-14-26(43-2)15-13-24)34(39)23-38(30-20-27(44-3)16-18-31(30)45-4)48(41,42)28-17-19-32(46-5)33(21-28)47-6/h12-21,25,29H,7-11,22-23H2,1-6H3,(H,36,40). The zero-order valence-electron chi connectivity index (χ0n) is 28.4. The Hall–Kier alpha value is -4.65. The van der Waals surface area contributed by atoms with Gasteiger partial charge in [0.1, 0.15) is 29.8 Å². The van der Waals surface area contributed by atoms with Gasteiger partial charge in [0.15, 0.2) is 11.5 Å². The number of sulfonamides is 1. The molecular weight excluding hydrogens is 638 g/mol. The van der Waals surface area contributed by atoms with Crippen LogP contribution in [0.4, 0.5) is 5.69 Å². The number of carbonyl (C=O) groups excluding carboxylic acids is 2. The molecule has 1 aliphatic rings. The first kappa shape index (κ1) is 36.2. The fraction of sp³-hybridized carbons (Fsp3) is 0.429. The number of hydrogen-bond donors (Lipinski definition) is 1. The Bertz CT molecular complexity index is 1660. The number of carbonyl (C=O) groups is 2. The molecule has 260 valence electrons. The Morgan fingerprint density at radius 1 is 0.792 bits per heavy atom. The Labute approximate surface area is 282 Å². The van der Waals surface area contributed by atoms with Crippen LogP contribution in [-0.2, 0) is 26.2 Å². The molecule has 1 atom stereocenters. The van der Waals surface area contributed by atoms with E-state index in [4.69, 9.17) is 23.7 Å². The molecule has 1 N–H and O–H groups in total. The molecule has 1 unspecified atom stereocenters. The molecule has 12 nitrogen and oxygen atoms in total. The summed E-state index contributed by atoms with van der Waals surface area (Å²) in [5.41, 5.74) is 0.817. The molecule has 1 saturated carbocycles. The molecule has 0 heterocycles. The minimum Gasteiger partial charge on any atom is -0.497 e. The first-order valence-corrected chi connectivity index (χ1v) is 17.2. The van der Waals surface area contributed by atoms with Crippen molar-refractivity contribution in [1.82, 2.24) is 10.2 Å². The van der Waals surface area contributed by atoms with Crippen molar-refractivity contribution in [2.45, 2.75) is 62.6 Å². The summed E-state index contributed by atoms with van der Waals surface area (Å²) in [5.74, 6) is 0.845. The third kappa shape index (κ3) is 8.25. The molecule has 0 radical (unpaired) electrons. The highest BCUT2D eigenvalue weighted by Crippen LogP contribution is 2.38. The van der Waals surface area contributed by atoms with Gasteiger partial charge in [0.2, 0.25) is 11.8 Å². The highest BCUT2D eigenvalue weighted by Gasteiger charge is 2.36. The minimum atomic E-state index is -4.45. The van der Waals surface area contributed by atoms with Gasteiger partial charge in [-0.25, -0.2) is 8.42 Å². The Kier molecular flexibility index (Phi) is 12.4. The minimum absolute atomic E-state index is 0.0347. The van der Waals surface area contributed by atoms with Crippen LogP contribution in [-0.4, -0.2) is 79.3 Å². The Morgan fingerprint density at radius 3 is 1.98 bits per heavy atom. The SMILES string of the molecule is CCC(C(=O)NC1CCCC1)N(Cc1ccc(OC)cc1)C(=O)CN(c1cc(OC)ccc1OC)S(=O)(=O)c1ccc(OC)c(OC)c1. The van der Waals surface area contributed by atoms with Crippen molar-refractivity contribution >= 4 is 27.5 Å². The molecule has 0 spiro atoms. The van der Waals surface area contributed by atoms with Crippen LogP contribution in [0.1, 0.15) is 44.6 Å². The Balaban J connectivity index is 1.81. The maximum Gasteiger partial charge on any atom is 0.265 e. The van der Waals surface area contributed by atoms with Crippen LogP contribution in [0.25, 0.3) is 0 Å². The topological polar surface area (TPSA) is 133 Å². The van der Waals surface area contributed by atoms with Gasteiger partial charge in [-0.05, 0) is 61.2 Å². The first-order valence-electron chi connectivity index (χ1n) is 15.8. The fourth-order valence-corrected chi connectivity index (χ4v) is 7.26. The number of hydrogen-bond acceptors (Lipinski definition) is 9. The summed E-state index contributed by atoms with van der Waals surface area (Å²) in [5, 5.41) is 3.12. The van der Waals surface area contributed by atoms with E-state index in [9.17, 15) is 18.0 Å². The maximum atomic E-state index is 14.6. The van der Waals surface area contributed by atoms with E-state index in [-0.39, 0.29) is 40.6 Å². The van der Waals surface area contributed by atoms with Crippen molar-refractivity contribution in [2.75, 3.05) is 46.4 Å². The summed E-state index contributed by atoms with van der Waals surface area (Å²) in [7, 11) is 2.82. The van der Waals surface area contributed by atoms with Gasteiger partial charge in [-0.3, -0.25) is 13.9 Å². The summed E-state index contributed by atoms with van der Waals surface area (Å²) in [6.45, 7) is 1.24. The quantitative estimate of drug-likeness (QED) is 0.226. The molecule has 2 amide bonds. The number of amides is 2. The van der Waals surface area contributed by atoms with Crippen molar-refractivity contribution in [3.8, 4) is 28.7 Å². The van der Waals surface area contributed by atoms with Gasteiger partial charge in [-0.2, -0.15) is 0 Å². The van der Waals surface area contributed by atoms with E-state index in [0.717, 1.165) is 35.6 Å². The van der Waals surface area contributed by atoms with Crippen LogP contribution < -0.4 is 33.3 Å². The number of benzene rings is 3. The molecule has 1 fully saturated rings. The number of methoxy groups -OCH3 is 5. The predicted molar refractivity (Wildman–Crippen MR) is 182 cm³/mol. The van der Waals surface area contributed by atoms with Gasteiger partial charge in [0.05, 0.1) is 46.1 Å². The van der Waals surface area contributed by atoms with E-state index < -0.39 is 28.5 Å². The average Bonchev–Trinajstić information content (AvgIpc) is 3.62. The molecule has 0 aromatic heterocycles. The maximum absolute atomic E-state index is 14.6. The lowest BCUT2D eigenvalue weighted by Gasteiger charge is -2.34. The molecule has 13 heteroatoms. The van der Waals surface area contributed by atoms with Crippen LogP contribution in [0.2, 0.25) is 0 Å². The summed E-state index contributed by atoms with van der Waals surface area (Å²) in [4.78, 5) is 29.6. The van der Waals surface area contributed by atoms with E-state index in [1.165, 1.54) is 57.6 Å². The summed E-state index contributed by atoms with van der Waals surface area (Å²) in [6, 6.07) is 15.2. The van der Waals surface area contributed by atoms with Gasteiger partial charge in [-0.15, -0.1) is 0 Å². The number of rotatable bonds is 16. The molecule has 0 saturated heterocycles. The average molecular weight is 684 g/mol. The lowest BCUT2D eigenvalue weighted by atomic mass is 10.1. The van der Waals surface area contributed by atoms with Gasteiger partial charge in [0, 0.05) is 24.7 Å². The second-order valence-corrected chi connectivity index (χ2v) is 13.2. The predicted octanol–water partition coefficient (Wildman–Crippen LogP) is 4.79. The molecule has 4 rings (SSSR count). The van der Waals surface area contributed by atoms with Crippen molar-refractivity contribution in [3.05, 3.63) is 66.2 Å². The van der Waals surface area contributed by atoms with Crippen LogP contribution in [0.5, 0.6) is 28.7 Å². The fourth-order valence-electron chi connectivity index (χ4n) is 5.82. The van der Waals surface area contributed by atoms with Crippen molar-refractivity contribution in [2.24, 2.45) is 0 Å².